The lowest BCUT2D eigenvalue weighted by atomic mass is 10.0. The predicted octanol–water partition coefficient (Wildman–Crippen LogP) is 1.08. The molecule has 1 heterocycles. The van der Waals surface area contributed by atoms with Crippen LogP contribution in [0.15, 0.2) is 0 Å². The fraction of sp³-hybridized carbons (Fsp3) is 0.818. The number of nitrogens with zero attached hydrogens (tertiary/aromatic N) is 1. The van der Waals surface area contributed by atoms with Crippen molar-refractivity contribution in [1.82, 2.24) is 10.2 Å². The van der Waals surface area contributed by atoms with Gasteiger partial charge in [0.25, 0.3) is 0 Å². The molecule has 2 nitrogen and oxygen atoms in total. The van der Waals surface area contributed by atoms with Crippen molar-refractivity contribution in [2.75, 3.05) is 27.2 Å². The van der Waals surface area contributed by atoms with E-state index in [9.17, 15) is 0 Å². The SMILES string of the molecule is CNCC#CCC1CCCCN1C. The summed E-state index contributed by atoms with van der Waals surface area (Å²) in [4.78, 5) is 2.44. The van der Waals surface area contributed by atoms with Crippen molar-refractivity contribution >= 4 is 0 Å². The van der Waals surface area contributed by atoms with Crippen LogP contribution in [0.5, 0.6) is 0 Å². The molecule has 0 aromatic heterocycles. The first-order valence-electron chi connectivity index (χ1n) is 5.15. The van der Waals surface area contributed by atoms with E-state index < -0.39 is 0 Å². The first kappa shape index (κ1) is 10.6. The Morgan fingerprint density at radius 1 is 1.38 bits per heavy atom. The molecular weight excluding hydrogens is 160 g/mol. The molecule has 2 heteroatoms. The maximum absolute atomic E-state index is 3.23. The topological polar surface area (TPSA) is 15.3 Å². The van der Waals surface area contributed by atoms with Crippen LogP contribution in [0, 0.1) is 11.8 Å². The molecule has 0 aliphatic carbocycles. The zero-order chi connectivity index (χ0) is 9.52. The van der Waals surface area contributed by atoms with Crippen molar-refractivity contribution in [3.63, 3.8) is 0 Å². The van der Waals surface area contributed by atoms with Gasteiger partial charge in [0.15, 0.2) is 0 Å². The second kappa shape index (κ2) is 6.01. The molecule has 1 atom stereocenters. The van der Waals surface area contributed by atoms with Gasteiger partial charge in [-0.05, 0) is 33.5 Å². The van der Waals surface area contributed by atoms with Gasteiger partial charge in [-0.2, -0.15) is 0 Å². The Kier molecular flexibility index (Phi) is 4.88. The Labute approximate surface area is 81.7 Å². The zero-order valence-corrected chi connectivity index (χ0v) is 8.77. The molecular formula is C11H20N2. The third kappa shape index (κ3) is 3.80. The van der Waals surface area contributed by atoms with Crippen molar-refractivity contribution in [3.05, 3.63) is 0 Å². The molecule has 1 rings (SSSR count). The second-order valence-corrected chi connectivity index (χ2v) is 3.72. The Hall–Kier alpha value is -0.520. The summed E-state index contributed by atoms with van der Waals surface area (Å²) in [5, 5.41) is 3.03. The van der Waals surface area contributed by atoms with Crippen LogP contribution in [-0.4, -0.2) is 38.1 Å². The Bertz CT molecular complexity index is 190. The van der Waals surface area contributed by atoms with E-state index in [2.05, 4.69) is 29.1 Å². The minimum atomic E-state index is 0.707. The fourth-order valence-corrected chi connectivity index (χ4v) is 1.74. The normalized spacial score (nSPS) is 23.7. The highest BCUT2D eigenvalue weighted by atomic mass is 15.1. The summed E-state index contributed by atoms with van der Waals surface area (Å²) in [6, 6.07) is 0.707. The van der Waals surface area contributed by atoms with Crippen LogP contribution in [0.2, 0.25) is 0 Å². The molecule has 74 valence electrons. The van der Waals surface area contributed by atoms with E-state index in [1.165, 1.54) is 25.8 Å². The highest BCUT2D eigenvalue weighted by Gasteiger charge is 2.16. The van der Waals surface area contributed by atoms with Gasteiger partial charge in [-0.3, -0.25) is 0 Å². The van der Waals surface area contributed by atoms with E-state index in [0.717, 1.165) is 13.0 Å². The van der Waals surface area contributed by atoms with Gasteiger partial charge in [-0.25, -0.2) is 0 Å². The van der Waals surface area contributed by atoms with E-state index in [0.29, 0.717) is 6.04 Å². The van der Waals surface area contributed by atoms with Crippen molar-refractivity contribution < 1.29 is 0 Å². The van der Waals surface area contributed by atoms with E-state index in [-0.39, 0.29) is 0 Å². The monoisotopic (exact) mass is 180 g/mol. The number of hydrogen-bond donors (Lipinski definition) is 1. The maximum atomic E-state index is 3.23. The van der Waals surface area contributed by atoms with Gasteiger partial charge in [-0.1, -0.05) is 12.3 Å². The molecule has 1 saturated heterocycles. The Morgan fingerprint density at radius 3 is 2.92 bits per heavy atom. The quantitative estimate of drug-likeness (QED) is 0.640. The summed E-state index contributed by atoms with van der Waals surface area (Å²) in [5.41, 5.74) is 0. The average molecular weight is 180 g/mol. The van der Waals surface area contributed by atoms with Crippen LogP contribution in [-0.2, 0) is 0 Å². The average Bonchev–Trinajstić information content (AvgIpc) is 2.15. The molecule has 0 amide bonds. The highest BCUT2D eigenvalue weighted by molar-refractivity contribution is 5.03. The first-order valence-corrected chi connectivity index (χ1v) is 5.15. The molecule has 0 aromatic rings. The molecule has 1 aliphatic heterocycles. The summed E-state index contributed by atoms with van der Waals surface area (Å²) in [6.45, 7) is 2.06. The summed E-state index contributed by atoms with van der Waals surface area (Å²) in [6.07, 6.45) is 5.10. The van der Waals surface area contributed by atoms with Crippen LogP contribution in [0.3, 0.4) is 0 Å². The molecule has 0 saturated carbocycles. The molecule has 1 fully saturated rings. The molecule has 1 unspecified atom stereocenters. The molecule has 1 N–H and O–H groups in total. The van der Waals surface area contributed by atoms with Crippen molar-refractivity contribution in [3.8, 4) is 11.8 Å². The van der Waals surface area contributed by atoms with E-state index in [1.807, 2.05) is 7.05 Å². The smallest absolute Gasteiger partial charge is 0.0574 e. The van der Waals surface area contributed by atoms with Crippen LogP contribution < -0.4 is 5.32 Å². The third-order valence-corrected chi connectivity index (χ3v) is 2.65. The van der Waals surface area contributed by atoms with Gasteiger partial charge < -0.3 is 10.2 Å². The lowest BCUT2D eigenvalue weighted by Gasteiger charge is -2.31. The van der Waals surface area contributed by atoms with Gasteiger partial charge in [-0.15, -0.1) is 5.92 Å². The van der Waals surface area contributed by atoms with Crippen molar-refractivity contribution in [2.24, 2.45) is 0 Å². The minimum Gasteiger partial charge on any atom is -0.309 e. The number of hydrogen-bond acceptors (Lipinski definition) is 2. The van der Waals surface area contributed by atoms with Gasteiger partial charge in [0.05, 0.1) is 6.54 Å². The first-order chi connectivity index (χ1) is 6.34. The number of likely N-dealkylation sites (tertiary alicyclic amines) is 1. The molecule has 0 spiro atoms. The van der Waals surface area contributed by atoms with Gasteiger partial charge in [0.1, 0.15) is 0 Å². The number of rotatable bonds is 2. The van der Waals surface area contributed by atoms with E-state index in [1.54, 1.807) is 0 Å². The van der Waals surface area contributed by atoms with Crippen molar-refractivity contribution in [1.29, 1.82) is 0 Å². The third-order valence-electron chi connectivity index (χ3n) is 2.65. The summed E-state index contributed by atoms with van der Waals surface area (Å²) >= 11 is 0. The maximum Gasteiger partial charge on any atom is 0.0574 e. The zero-order valence-electron chi connectivity index (χ0n) is 8.77. The molecule has 0 aromatic carbocycles. The predicted molar refractivity (Wildman–Crippen MR) is 56.6 cm³/mol. The van der Waals surface area contributed by atoms with Crippen LogP contribution in [0.25, 0.3) is 0 Å². The Morgan fingerprint density at radius 2 is 2.23 bits per heavy atom. The molecule has 0 radical (unpaired) electrons. The van der Waals surface area contributed by atoms with E-state index >= 15 is 0 Å². The fourth-order valence-electron chi connectivity index (χ4n) is 1.74. The molecule has 1 aliphatic rings. The second-order valence-electron chi connectivity index (χ2n) is 3.72. The highest BCUT2D eigenvalue weighted by Crippen LogP contribution is 2.16. The lowest BCUT2D eigenvalue weighted by molar-refractivity contribution is 0.189. The molecule has 0 bridgehead atoms. The van der Waals surface area contributed by atoms with E-state index in [4.69, 9.17) is 0 Å². The largest absolute Gasteiger partial charge is 0.309 e. The minimum absolute atomic E-state index is 0.707. The number of piperidine rings is 1. The van der Waals surface area contributed by atoms with Crippen molar-refractivity contribution in [2.45, 2.75) is 31.7 Å². The molecule has 13 heavy (non-hydrogen) atoms. The summed E-state index contributed by atoms with van der Waals surface area (Å²) in [7, 11) is 4.14. The van der Waals surface area contributed by atoms with Crippen LogP contribution in [0.1, 0.15) is 25.7 Å². The lowest BCUT2D eigenvalue weighted by Crippen LogP contribution is -2.35. The van der Waals surface area contributed by atoms with Crippen LogP contribution >= 0.6 is 0 Å². The van der Waals surface area contributed by atoms with Gasteiger partial charge in [0.2, 0.25) is 0 Å². The van der Waals surface area contributed by atoms with Gasteiger partial charge >= 0.3 is 0 Å². The summed E-state index contributed by atoms with van der Waals surface area (Å²) < 4.78 is 0. The van der Waals surface area contributed by atoms with Crippen LogP contribution in [0.4, 0.5) is 0 Å². The standard InChI is InChI=1S/C11H20N2/c1-12-9-5-3-7-11-8-4-6-10-13(11)2/h11-12H,4,6-10H2,1-2H3. The summed E-state index contributed by atoms with van der Waals surface area (Å²) in [5.74, 6) is 6.35. The van der Waals surface area contributed by atoms with Gasteiger partial charge in [0, 0.05) is 12.5 Å². The Balaban J connectivity index is 2.23. The number of nitrogens with one attached hydrogen (secondary N) is 1.